The van der Waals surface area contributed by atoms with Crippen LogP contribution in [0, 0.1) is 0 Å². The summed E-state index contributed by atoms with van der Waals surface area (Å²) in [6.45, 7) is 1.59. The summed E-state index contributed by atoms with van der Waals surface area (Å²) in [6, 6.07) is 20.0. The Kier molecular flexibility index (Phi) is 10.6. The molecule has 1 atom stereocenters. The summed E-state index contributed by atoms with van der Waals surface area (Å²) in [5.41, 5.74) is 1.62. The lowest BCUT2D eigenvalue weighted by molar-refractivity contribution is -0.140. The van der Waals surface area contributed by atoms with Crippen LogP contribution in [-0.4, -0.2) is 57.6 Å². The number of ether oxygens (including phenoxy) is 1. The van der Waals surface area contributed by atoms with Gasteiger partial charge in [0.2, 0.25) is 21.8 Å². The van der Waals surface area contributed by atoms with Gasteiger partial charge in [-0.2, -0.15) is 0 Å². The predicted octanol–water partition coefficient (Wildman–Crippen LogP) is 4.54. The monoisotopic (exact) mass is 591 g/mol. The molecule has 1 unspecified atom stereocenters. The average molecular weight is 593 g/mol. The van der Waals surface area contributed by atoms with E-state index in [1.807, 2.05) is 36.4 Å². The van der Waals surface area contributed by atoms with E-state index >= 15 is 0 Å². The second kappa shape index (κ2) is 13.7. The third-order valence-corrected chi connectivity index (χ3v) is 7.92. The summed E-state index contributed by atoms with van der Waals surface area (Å²) in [5, 5.41) is 2.96. The highest BCUT2D eigenvalue weighted by Gasteiger charge is 2.33. The van der Waals surface area contributed by atoms with Crippen LogP contribution in [0.2, 0.25) is 10.0 Å². The standard InChI is InChI=1S/C28H31Cl2N3O5S/c1-4-31-28(35)25(17-20-10-6-5-7-11-20)32(18-21-12-8-13-22(16-21)38-2)26(34)19-33(39(3,36)37)24-15-9-14-23(29)27(24)30/h5-16,25H,4,17-19H2,1-3H3,(H,31,35). The lowest BCUT2D eigenvalue weighted by atomic mass is 10.0. The van der Waals surface area contributed by atoms with Crippen molar-refractivity contribution in [1.82, 2.24) is 10.2 Å². The Morgan fingerprint density at radius 2 is 1.64 bits per heavy atom. The van der Waals surface area contributed by atoms with Crippen molar-refractivity contribution >= 4 is 50.7 Å². The molecule has 0 heterocycles. The third kappa shape index (κ3) is 8.11. The first-order valence-corrected chi connectivity index (χ1v) is 14.8. The highest BCUT2D eigenvalue weighted by molar-refractivity contribution is 7.92. The molecule has 0 fully saturated rings. The van der Waals surface area contributed by atoms with E-state index in [0.717, 1.165) is 16.1 Å². The highest BCUT2D eigenvalue weighted by atomic mass is 35.5. The Labute approximate surface area is 239 Å². The number of anilines is 1. The maximum atomic E-state index is 14.0. The molecule has 0 bridgehead atoms. The van der Waals surface area contributed by atoms with Gasteiger partial charge in [-0.05, 0) is 42.3 Å². The number of nitrogens with zero attached hydrogens (tertiary/aromatic N) is 2. The molecule has 0 aliphatic rings. The number of hydrogen-bond acceptors (Lipinski definition) is 5. The Hall–Kier alpha value is -3.27. The smallest absolute Gasteiger partial charge is 0.244 e. The molecule has 3 aromatic carbocycles. The van der Waals surface area contributed by atoms with E-state index in [0.29, 0.717) is 17.9 Å². The van der Waals surface area contributed by atoms with Gasteiger partial charge in [0.25, 0.3) is 0 Å². The van der Waals surface area contributed by atoms with Crippen LogP contribution in [0.4, 0.5) is 5.69 Å². The summed E-state index contributed by atoms with van der Waals surface area (Å²) >= 11 is 12.5. The summed E-state index contributed by atoms with van der Waals surface area (Å²) in [7, 11) is -2.43. The van der Waals surface area contributed by atoms with Gasteiger partial charge in [-0.1, -0.05) is 71.7 Å². The van der Waals surface area contributed by atoms with Crippen LogP contribution < -0.4 is 14.4 Å². The van der Waals surface area contributed by atoms with Crippen molar-refractivity contribution in [3.8, 4) is 5.75 Å². The molecule has 8 nitrogen and oxygen atoms in total. The molecule has 0 aliphatic heterocycles. The van der Waals surface area contributed by atoms with Crippen LogP contribution in [0.15, 0.2) is 72.8 Å². The minimum atomic E-state index is -3.96. The average Bonchev–Trinajstić information content (AvgIpc) is 2.91. The van der Waals surface area contributed by atoms with Crippen LogP contribution in [-0.2, 0) is 32.6 Å². The number of hydrogen-bond donors (Lipinski definition) is 1. The fourth-order valence-corrected chi connectivity index (χ4v) is 5.40. The van der Waals surface area contributed by atoms with Crippen molar-refractivity contribution in [3.05, 3.63) is 94.0 Å². The van der Waals surface area contributed by atoms with Crippen molar-refractivity contribution < 1.29 is 22.7 Å². The Bertz CT molecular complexity index is 1400. The maximum Gasteiger partial charge on any atom is 0.244 e. The van der Waals surface area contributed by atoms with Gasteiger partial charge in [-0.25, -0.2) is 8.42 Å². The summed E-state index contributed by atoms with van der Waals surface area (Å²) in [5.74, 6) is -0.364. The number of rotatable bonds is 12. The molecule has 0 saturated heterocycles. The molecular weight excluding hydrogens is 561 g/mol. The van der Waals surface area contributed by atoms with Crippen LogP contribution in [0.5, 0.6) is 5.75 Å². The van der Waals surface area contributed by atoms with Gasteiger partial charge < -0.3 is 15.0 Å². The summed E-state index contributed by atoms with van der Waals surface area (Å²) < 4.78 is 31.9. The second-order valence-corrected chi connectivity index (χ2v) is 11.5. The van der Waals surface area contributed by atoms with Crippen LogP contribution >= 0.6 is 23.2 Å². The van der Waals surface area contributed by atoms with Gasteiger partial charge in [0.15, 0.2) is 0 Å². The molecule has 0 aliphatic carbocycles. The van der Waals surface area contributed by atoms with Gasteiger partial charge in [-0.15, -0.1) is 0 Å². The molecule has 11 heteroatoms. The zero-order chi connectivity index (χ0) is 28.6. The second-order valence-electron chi connectivity index (χ2n) is 8.82. The maximum absolute atomic E-state index is 14.0. The van der Waals surface area contributed by atoms with Crippen molar-refractivity contribution in [2.45, 2.75) is 25.9 Å². The van der Waals surface area contributed by atoms with E-state index in [1.54, 1.807) is 31.2 Å². The fourth-order valence-electron chi connectivity index (χ4n) is 4.09. The van der Waals surface area contributed by atoms with Gasteiger partial charge in [0.1, 0.15) is 18.3 Å². The van der Waals surface area contributed by atoms with E-state index < -0.39 is 28.5 Å². The van der Waals surface area contributed by atoms with Gasteiger partial charge in [-0.3, -0.25) is 13.9 Å². The molecule has 3 rings (SSSR count). The van der Waals surface area contributed by atoms with Crippen LogP contribution in [0.3, 0.4) is 0 Å². The van der Waals surface area contributed by atoms with Gasteiger partial charge in [0.05, 0.1) is 29.1 Å². The van der Waals surface area contributed by atoms with E-state index in [2.05, 4.69) is 5.32 Å². The summed E-state index contributed by atoms with van der Waals surface area (Å²) in [6.07, 6.45) is 1.20. The lowest BCUT2D eigenvalue weighted by Crippen LogP contribution is -2.53. The number of halogens is 2. The number of nitrogens with one attached hydrogen (secondary N) is 1. The van der Waals surface area contributed by atoms with Crippen molar-refractivity contribution in [2.75, 3.05) is 30.8 Å². The fraction of sp³-hybridized carbons (Fsp3) is 0.286. The zero-order valence-corrected chi connectivity index (χ0v) is 24.3. The topological polar surface area (TPSA) is 96.0 Å². The molecular formula is C28H31Cl2N3O5S. The predicted molar refractivity (Wildman–Crippen MR) is 155 cm³/mol. The third-order valence-electron chi connectivity index (χ3n) is 5.99. The zero-order valence-electron chi connectivity index (χ0n) is 21.9. The molecule has 208 valence electrons. The minimum absolute atomic E-state index is 0.00120. The van der Waals surface area contributed by atoms with E-state index in [4.69, 9.17) is 27.9 Å². The quantitative estimate of drug-likeness (QED) is 0.333. The van der Waals surface area contributed by atoms with Crippen LogP contribution in [0.1, 0.15) is 18.1 Å². The van der Waals surface area contributed by atoms with E-state index in [-0.39, 0.29) is 34.6 Å². The molecule has 3 aromatic rings. The number of carbonyl (C=O) groups is 2. The first-order chi connectivity index (χ1) is 18.5. The molecule has 0 spiro atoms. The van der Waals surface area contributed by atoms with Crippen molar-refractivity contribution in [1.29, 1.82) is 0 Å². The molecule has 0 radical (unpaired) electrons. The SMILES string of the molecule is CCNC(=O)C(Cc1ccccc1)N(Cc1cccc(OC)c1)C(=O)CN(c1cccc(Cl)c1Cl)S(C)(=O)=O. The normalized spacial score (nSPS) is 11.9. The molecule has 0 aromatic heterocycles. The van der Waals surface area contributed by atoms with E-state index in [1.165, 1.54) is 24.1 Å². The Morgan fingerprint density at radius 3 is 2.28 bits per heavy atom. The largest absolute Gasteiger partial charge is 0.497 e. The minimum Gasteiger partial charge on any atom is -0.497 e. The number of methoxy groups -OCH3 is 1. The van der Waals surface area contributed by atoms with E-state index in [9.17, 15) is 18.0 Å². The molecule has 1 N–H and O–H groups in total. The number of carbonyl (C=O) groups excluding carboxylic acids is 2. The number of amides is 2. The van der Waals surface area contributed by atoms with Crippen LogP contribution in [0.25, 0.3) is 0 Å². The van der Waals surface area contributed by atoms with Crippen molar-refractivity contribution in [2.24, 2.45) is 0 Å². The summed E-state index contributed by atoms with van der Waals surface area (Å²) in [4.78, 5) is 28.8. The number of benzene rings is 3. The molecule has 39 heavy (non-hydrogen) atoms. The lowest BCUT2D eigenvalue weighted by Gasteiger charge is -2.33. The van der Waals surface area contributed by atoms with Crippen molar-refractivity contribution in [3.63, 3.8) is 0 Å². The van der Waals surface area contributed by atoms with Gasteiger partial charge >= 0.3 is 0 Å². The number of sulfonamides is 1. The molecule has 0 saturated carbocycles. The van der Waals surface area contributed by atoms with Gasteiger partial charge in [0, 0.05) is 19.5 Å². The first kappa shape index (κ1) is 30.3. The Morgan fingerprint density at radius 1 is 0.974 bits per heavy atom. The highest BCUT2D eigenvalue weighted by Crippen LogP contribution is 2.34. The number of likely N-dealkylation sites (N-methyl/N-ethyl adjacent to an activating group) is 1. The first-order valence-electron chi connectivity index (χ1n) is 12.2. The Balaban J connectivity index is 2.08. The molecule has 2 amide bonds.